The molecule has 0 radical (unpaired) electrons. The van der Waals surface area contributed by atoms with Crippen molar-refractivity contribution in [3.63, 3.8) is 0 Å². The molecule has 1 aliphatic heterocycles. The van der Waals surface area contributed by atoms with Crippen LogP contribution in [0.5, 0.6) is 0 Å². The van der Waals surface area contributed by atoms with Gasteiger partial charge >= 0.3 is 0 Å². The Hall–Kier alpha value is 0.360. The molecule has 0 saturated carbocycles. The van der Waals surface area contributed by atoms with Gasteiger partial charge in [0.05, 0.1) is 12.7 Å². The van der Waals surface area contributed by atoms with Crippen LogP contribution in [0.15, 0.2) is 0 Å². The van der Waals surface area contributed by atoms with E-state index in [1.165, 1.54) is 6.42 Å². The molecule has 1 rings (SSSR count). The zero-order valence-electron chi connectivity index (χ0n) is 10.7. The summed E-state index contributed by atoms with van der Waals surface area (Å²) in [5, 5.41) is 4.59. The van der Waals surface area contributed by atoms with Gasteiger partial charge in [0.1, 0.15) is 0 Å². The summed E-state index contributed by atoms with van der Waals surface area (Å²) < 4.78 is 5.77. The maximum atomic E-state index is 5.77. The quantitative estimate of drug-likeness (QED) is 0.757. The number of nitrogens with one attached hydrogen (secondary N) is 1. The largest absolute Gasteiger partial charge is 0.374 e. The van der Waals surface area contributed by atoms with Crippen LogP contribution in [-0.4, -0.2) is 54.7 Å². The smallest absolute Gasteiger partial charge is 0.0826 e. The Bertz CT molecular complexity index is 190. The normalized spacial score (nSPS) is 24.9. The Morgan fingerprint density at radius 3 is 2.81 bits per heavy atom. The average Bonchev–Trinajstić information content (AvgIpc) is 2.27. The molecule has 0 aliphatic carbocycles. The van der Waals surface area contributed by atoms with E-state index < -0.39 is 0 Å². The van der Waals surface area contributed by atoms with Gasteiger partial charge in [-0.1, -0.05) is 15.9 Å². The van der Waals surface area contributed by atoms with Gasteiger partial charge in [-0.25, -0.2) is 0 Å². The molecule has 0 spiro atoms. The van der Waals surface area contributed by atoms with Gasteiger partial charge in [-0.3, -0.25) is 4.90 Å². The van der Waals surface area contributed by atoms with Gasteiger partial charge in [0.15, 0.2) is 0 Å². The van der Waals surface area contributed by atoms with E-state index >= 15 is 0 Å². The van der Waals surface area contributed by atoms with Crippen molar-refractivity contribution < 1.29 is 4.74 Å². The van der Waals surface area contributed by atoms with Crippen LogP contribution < -0.4 is 5.32 Å². The summed E-state index contributed by atoms with van der Waals surface area (Å²) in [7, 11) is 0. The minimum atomic E-state index is 0.355. The molecule has 0 aromatic rings. The minimum Gasteiger partial charge on any atom is -0.374 e. The molecule has 0 amide bonds. The van der Waals surface area contributed by atoms with E-state index in [2.05, 4.69) is 46.9 Å². The average molecular weight is 293 g/mol. The van der Waals surface area contributed by atoms with E-state index in [1.54, 1.807) is 0 Å². The van der Waals surface area contributed by atoms with Gasteiger partial charge in [-0.05, 0) is 27.2 Å². The molecule has 4 heteroatoms. The highest BCUT2D eigenvalue weighted by Gasteiger charge is 2.22. The van der Waals surface area contributed by atoms with Crippen molar-refractivity contribution in [1.82, 2.24) is 10.2 Å². The summed E-state index contributed by atoms with van der Waals surface area (Å²) in [4.78, 5) is 2.49. The van der Waals surface area contributed by atoms with Gasteiger partial charge in [-0.2, -0.15) is 0 Å². The first-order chi connectivity index (χ1) is 7.63. The second-order valence-electron chi connectivity index (χ2n) is 4.87. The monoisotopic (exact) mass is 292 g/mol. The van der Waals surface area contributed by atoms with Gasteiger partial charge in [0, 0.05) is 37.0 Å². The van der Waals surface area contributed by atoms with Crippen LogP contribution in [0, 0.1) is 0 Å². The summed E-state index contributed by atoms with van der Waals surface area (Å²) in [6, 6.07) is 1.20. The maximum Gasteiger partial charge on any atom is 0.0826 e. The second-order valence-corrected chi connectivity index (χ2v) is 5.66. The van der Waals surface area contributed by atoms with Crippen molar-refractivity contribution >= 4 is 15.9 Å². The van der Waals surface area contributed by atoms with Crippen molar-refractivity contribution in [3.8, 4) is 0 Å². The van der Waals surface area contributed by atoms with E-state index in [4.69, 9.17) is 4.74 Å². The molecular formula is C12H25BrN2O. The van der Waals surface area contributed by atoms with Crippen molar-refractivity contribution in [2.24, 2.45) is 0 Å². The predicted molar refractivity (Wildman–Crippen MR) is 72.3 cm³/mol. The fourth-order valence-corrected chi connectivity index (χ4v) is 2.62. The number of hydrogen-bond acceptors (Lipinski definition) is 3. The summed E-state index contributed by atoms with van der Waals surface area (Å²) in [6.07, 6.45) is 1.52. The first kappa shape index (κ1) is 14.4. The molecule has 1 aliphatic rings. The number of ether oxygens (including phenoxy) is 1. The highest BCUT2D eigenvalue weighted by molar-refractivity contribution is 9.09. The van der Waals surface area contributed by atoms with Crippen molar-refractivity contribution in [2.75, 3.05) is 31.6 Å². The van der Waals surface area contributed by atoms with Crippen LogP contribution in [0.3, 0.4) is 0 Å². The molecule has 3 nitrogen and oxygen atoms in total. The first-order valence-corrected chi connectivity index (χ1v) is 7.40. The molecule has 0 bridgehead atoms. The Balaban J connectivity index is 2.21. The summed E-state index contributed by atoms with van der Waals surface area (Å²) in [5.41, 5.74) is 0. The second kappa shape index (κ2) is 7.64. The molecule has 96 valence electrons. The molecule has 1 saturated heterocycles. The Labute approximate surface area is 108 Å². The van der Waals surface area contributed by atoms with E-state index in [0.717, 1.165) is 31.6 Å². The lowest BCUT2D eigenvalue weighted by Crippen LogP contribution is -2.50. The van der Waals surface area contributed by atoms with Crippen LogP contribution in [0.25, 0.3) is 0 Å². The van der Waals surface area contributed by atoms with Gasteiger partial charge in [0.2, 0.25) is 0 Å². The zero-order chi connectivity index (χ0) is 12.0. The lowest BCUT2D eigenvalue weighted by atomic mass is 10.2. The van der Waals surface area contributed by atoms with Crippen LogP contribution in [0.4, 0.5) is 0 Å². The van der Waals surface area contributed by atoms with Crippen molar-refractivity contribution in [1.29, 1.82) is 0 Å². The third kappa shape index (κ3) is 5.13. The molecule has 16 heavy (non-hydrogen) atoms. The van der Waals surface area contributed by atoms with E-state index in [0.29, 0.717) is 18.2 Å². The Morgan fingerprint density at radius 1 is 1.44 bits per heavy atom. The summed E-state index contributed by atoms with van der Waals surface area (Å²) in [5.74, 6) is 0. The highest BCUT2D eigenvalue weighted by atomic mass is 79.9. The van der Waals surface area contributed by atoms with Crippen LogP contribution >= 0.6 is 15.9 Å². The van der Waals surface area contributed by atoms with Gasteiger partial charge < -0.3 is 10.1 Å². The van der Waals surface area contributed by atoms with Gasteiger partial charge in [-0.15, -0.1) is 0 Å². The standard InChI is InChI=1S/C12H25BrN2O/c1-10(2)15-6-7-16-12(9-15)8-14-11(3)4-5-13/h10-12,14H,4-9H2,1-3H3. The molecule has 2 unspecified atom stereocenters. The lowest BCUT2D eigenvalue weighted by Gasteiger charge is -2.36. The number of rotatable bonds is 6. The molecule has 1 fully saturated rings. The number of morpholine rings is 1. The summed E-state index contributed by atoms with van der Waals surface area (Å²) in [6.45, 7) is 10.7. The van der Waals surface area contributed by atoms with E-state index in [1.807, 2.05) is 0 Å². The third-order valence-electron chi connectivity index (χ3n) is 3.14. The number of nitrogens with zero attached hydrogens (tertiary/aromatic N) is 1. The number of alkyl halides is 1. The fraction of sp³-hybridized carbons (Fsp3) is 1.00. The molecule has 1 heterocycles. The van der Waals surface area contributed by atoms with E-state index in [-0.39, 0.29) is 0 Å². The SMILES string of the molecule is CC(CCBr)NCC1CN(C(C)C)CCO1. The topological polar surface area (TPSA) is 24.5 Å². The number of hydrogen-bond donors (Lipinski definition) is 1. The first-order valence-electron chi connectivity index (χ1n) is 6.28. The maximum absolute atomic E-state index is 5.77. The van der Waals surface area contributed by atoms with Crippen molar-refractivity contribution in [3.05, 3.63) is 0 Å². The molecule has 0 aromatic heterocycles. The van der Waals surface area contributed by atoms with Crippen molar-refractivity contribution in [2.45, 2.75) is 45.4 Å². The van der Waals surface area contributed by atoms with E-state index in [9.17, 15) is 0 Å². The molecule has 0 aromatic carbocycles. The minimum absolute atomic E-state index is 0.355. The zero-order valence-corrected chi connectivity index (χ0v) is 12.3. The summed E-state index contributed by atoms with van der Waals surface area (Å²) >= 11 is 3.47. The molecular weight excluding hydrogens is 268 g/mol. The van der Waals surface area contributed by atoms with Crippen LogP contribution in [0.2, 0.25) is 0 Å². The predicted octanol–water partition coefficient (Wildman–Crippen LogP) is 1.86. The molecule has 2 atom stereocenters. The Kier molecular flexibility index (Phi) is 6.89. The van der Waals surface area contributed by atoms with Crippen LogP contribution in [0.1, 0.15) is 27.2 Å². The fourth-order valence-electron chi connectivity index (χ4n) is 1.93. The molecule has 1 N–H and O–H groups in total. The van der Waals surface area contributed by atoms with Gasteiger partial charge in [0.25, 0.3) is 0 Å². The number of halogens is 1. The third-order valence-corrected chi connectivity index (χ3v) is 3.59. The Morgan fingerprint density at radius 2 is 2.19 bits per heavy atom. The lowest BCUT2D eigenvalue weighted by molar-refractivity contribution is -0.0379. The van der Waals surface area contributed by atoms with Crippen LogP contribution in [-0.2, 0) is 4.74 Å². The highest BCUT2D eigenvalue weighted by Crippen LogP contribution is 2.08.